The first-order valence-corrected chi connectivity index (χ1v) is 33.1. The van der Waals surface area contributed by atoms with Gasteiger partial charge in [-0.2, -0.15) is 0 Å². The minimum absolute atomic E-state index is 0.135. The van der Waals surface area contributed by atoms with Crippen molar-refractivity contribution in [3.05, 3.63) is 342 Å². The Bertz CT molecular complexity index is 5220. The highest BCUT2D eigenvalue weighted by Crippen LogP contribution is 2.60. The van der Waals surface area contributed by atoms with Gasteiger partial charge in [0, 0.05) is 39.6 Å². The van der Waals surface area contributed by atoms with E-state index in [0.29, 0.717) is 5.56 Å². The maximum atomic E-state index is 9.20. The van der Waals surface area contributed by atoms with Crippen LogP contribution in [0.4, 0.5) is 34.1 Å². The van der Waals surface area contributed by atoms with Crippen LogP contribution < -0.4 is 26.2 Å². The zero-order valence-electron chi connectivity index (χ0n) is 60.0. The van der Waals surface area contributed by atoms with E-state index in [-0.39, 0.29) is 52.7 Å². The molecule has 0 atom stereocenters. The first-order valence-electron chi connectivity index (χ1n) is 35.6. The van der Waals surface area contributed by atoms with Crippen LogP contribution in [0.3, 0.4) is 0 Å². The number of anilines is 6. The van der Waals surface area contributed by atoms with Gasteiger partial charge >= 0.3 is 0 Å². The van der Waals surface area contributed by atoms with E-state index in [9.17, 15) is 2.74 Å². The quantitative estimate of drug-likeness (QED) is 0.133. The third-order valence-electron chi connectivity index (χ3n) is 20.1. The van der Waals surface area contributed by atoms with Crippen LogP contribution in [0.1, 0.15) is 108 Å². The largest absolute Gasteiger partial charge is 0.311 e. The number of fused-ring (bicyclic) bond motifs is 7. The lowest BCUT2D eigenvalue weighted by molar-refractivity contribution is 0.569. The Morgan fingerprint density at radius 2 is 0.819 bits per heavy atom. The fourth-order valence-electron chi connectivity index (χ4n) is 15.4. The zero-order valence-corrected chi connectivity index (χ0v) is 55.0. The van der Waals surface area contributed by atoms with Gasteiger partial charge in [-0.15, -0.1) is 0 Å². The van der Waals surface area contributed by atoms with Crippen molar-refractivity contribution >= 4 is 57.2 Å². The normalized spacial score (nSPS) is 14.4. The summed E-state index contributed by atoms with van der Waals surface area (Å²) >= 11 is 0. The monoisotopic (exact) mass is 1210 g/mol. The van der Waals surface area contributed by atoms with Crippen molar-refractivity contribution in [2.24, 2.45) is 0 Å². The fraction of sp³-hybridized carbons (Fsp3) is 0.143. The second-order valence-corrected chi connectivity index (χ2v) is 28.9. The molecule has 3 aliphatic rings. The highest BCUT2D eigenvalue weighted by atomic mass is 15.2. The van der Waals surface area contributed by atoms with E-state index < -0.39 is 11.5 Å². The van der Waals surface area contributed by atoms with E-state index in [4.69, 9.17) is 4.11 Å². The summed E-state index contributed by atoms with van der Waals surface area (Å²) in [6, 6.07) is 99.6. The van der Waals surface area contributed by atoms with Gasteiger partial charge in [0.15, 0.2) is 0 Å². The summed E-state index contributed by atoms with van der Waals surface area (Å²) in [6.45, 7) is 20.5. The van der Waals surface area contributed by atoms with E-state index in [1.165, 1.54) is 55.5 Å². The molecule has 2 heterocycles. The molecule has 0 bridgehead atoms. The van der Waals surface area contributed by atoms with Crippen molar-refractivity contribution in [3.63, 3.8) is 0 Å². The number of benzene rings is 13. The highest BCUT2D eigenvalue weighted by molar-refractivity contribution is 7.00. The Hall–Kier alpha value is -10.5. The van der Waals surface area contributed by atoms with Crippen LogP contribution in [0.5, 0.6) is 0 Å². The number of hydrogen-bond donors (Lipinski definition) is 0. The molecule has 13 aromatic carbocycles. The molecule has 1 aliphatic carbocycles. The fourth-order valence-corrected chi connectivity index (χ4v) is 15.4. The van der Waals surface area contributed by atoms with Crippen LogP contribution in [0.25, 0.3) is 66.8 Å². The molecule has 0 spiro atoms. The van der Waals surface area contributed by atoms with Gasteiger partial charge in [-0.25, -0.2) is 0 Å². The summed E-state index contributed by atoms with van der Waals surface area (Å²) in [4.78, 5) is 5.08. The van der Waals surface area contributed by atoms with Crippen LogP contribution in [0.2, 0.25) is 0 Å². The van der Waals surface area contributed by atoms with Gasteiger partial charge in [-0.05, 0) is 164 Å². The summed E-state index contributed by atoms with van der Waals surface area (Å²) in [7, 11) is 0. The second kappa shape index (κ2) is 22.4. The maximum Gasteiger partial charge on any atom is 0.252 e. The third kappa shape index (κ3) is 9.61. The van der Waals surface area contributed by atoms with Crippen LogP contribution >= 0.6 is 0 Å². The molecule has 0 aromatic heterocycles. The molecule has 16 rings (SSSR count). The van der Waals surface area contributed by atoms with Crippen LogP contribution in [0, 0.1) is 0 Å². The van der Waals surface area contributed by atoms with Gasteiger partial charge in [0.2, 0.25) is 0 Å². The molecular formula is C91H77BN2. The summed E-state index contributed by atoms with van der Waals surface area (Å²) in [5, 5.41) is 0. The molecule has 0 amide bonds. The molecule has 0 unspecified atom stereocenters. The van der Waals surface area contributed by atoms with Crippen LogP contribution in [-0.2, 0) is 21.7 Å². The van der Waals surface area contributed by atoms with Gasteiger partial charge in [0.05, 0.1) is 18.0 Å². The molecule has 2 nitrogen and oxygen atoms in total. The summed E-state index contributed by atoms with van der Waals surface area (Å²) in [6.07, 6.45) is 0. The maximum absolute atomic E-state index is 9.20. The Morgan fingerprint density at radius 1 is 0.319 bits per heavy atom. The lowest BCUT2D eigenvalue weighted by Gasteiger charge is -2.46. The van der Waals surface area contributed by atoms with Crippen molar-refractivity contribution < 1.29 is 6.85 Å². The molecule has 0 saturated carbocycles. The molecule has 3 heteroatoms. The zero-order chi connectivity index (χ0) is 68.6. The van der Waals surface area contributed by atoms with Gasteiger partial charge in [-0.1, -0.05) is 329 Å². The molecule has 0 saturated heterocycles. The van der Waals surface area contributed by atoms with Crippen LogP contribution in [-0.4, -0.2) is 6.71 Å². The van der Waals surface area contributed by atoms with E-state index in [0.717, 1.165) is 89.6 Å². The Kier molecular flexibility index (Phi) is 12.6. The topological polar surface area (TPSA) is 6.48 Å². The summed E-state index contributed by atoms with van der Waals surface area (Å²) in [5.41, 5.74) is 28.7. The second-order valence-electron chi connectivity index (χ2n) is 28.9. The van der Waals surface area contributed by atoms with Crippen LogP contribution in [0.15, 0.2) is 303 Å². The van der Waals surface area contributed by atoms with E-state index in [1.54, 1.807) is 0 Å². The smallest absolute Gasteiger partial charge is 0.252 e. The van der Waals surface area contributed by atoms with Crippen molar-refractivity contribution in [1.29, 1.82) is 0 Å². The van der Waals surface area contributed by atoms with E-state index in [2.05, 4.69) is 333 Å². The van der Waals surface area contributed by atoms with Crippen molar-refractivity contribution in [2.75, 3.05) is 9.80 Å². The summed E-state index contributed by atoms with van der Waals surface area (Å²) in [5.74, 6) is 0. The lowest BCUT2D eigenvalue weighted by atomic mass is 9.33. The molecule has 0 fully saturated rings. The average Bonchev–Trinajstić information content (AvgIpc) is 1.28. The molecule has 13 aromatic rings. The minimum atomic E-state index is -0.745. The molecule has 0 radical (unpaired) electrons. The number of rotatable bonds is 9. The average molecular weight is 1210 g/mol. The Labute approximate surface area is 563 Å². The predicted octanol–water partition coefficient (Wildman–Crippen LogP) is 22.4. The van der Waals surface area contributed by atoms with Gasteiger partial charge in [0.25, 0.3) is 6.71 Å². The number of hydrogen-bond acceptors (Lipinski definition) is 2. The van der Waals surface area contributed by atoms with Gasteiger partial charge < -0.3 is 9.80 Å². The standard InChI is InChI=1S/C91H77BN2/c1-88(2,3)69-48-52-81-80(59-69)92-79-51-47-64(65-53-70(89(4,5)6)58-71(54-65)90(7,8)9)55-82(79)93(72-49-45-61(46-50-72)60-29-15-10-16-30-60)83-56-66(57-84(86(83)92)94(81)87-74(62-31-17-11-18-32-62)41-28-42-75(87)63-33-19-12-20-34-63)73-40-27-43-77-76-39-25-26-44-78(76)91(85(73)77,67-35-21-13-22-36-67)68-37-23-14-24-38-68/h10-59H,1-9H3/i10D,15D,16D,29D,30D. The minimum Gasteiger partial charge on any atom is -0.311 e. The Morgan fingerprint density at radius 3 is 1.40 bits per heavy atom. The van der Waals surface area contributed by atoms with Gasteiger partial charge in [0.1, 0.15) is 0 Å². The predicted molar refractivity (Wildman–Crippen MR) is 401 cm³/mol. The molecule has 2 aliphatic heterocycles. The first kappa shape index (κ1) is 53.1. The van der Waals surface area contributed by atoms with Crippen molar-refractivity contribution in [3.8, 4) is 66.8 Å². The first-order chi connectivity index (χ1) is 47.6. The summed E-state index contributed by atoms with van der Waals surface area (Å²) < 4.78 is 44.5. The lowest BCUT2D eigenvalue weighted by Crippen LogP contribution is -2.61. The molecule has 0 N–H and O–H groups in total. The van der Waals surface area contributed by atoms with E-state index in [1.807, 2.05) is 12.1 Å². The van der Waals surface area contributed by atoms with E-state index >= 15 is 0 Å². The van der Waals surface area contributed by atoms with Crippen molar-refractivity contribution in [2.45, 2.75) is 84.0 Å². The number of para-hydroxylation sites is 1. The van der Waals surface area contributed by atoms with Gasteiger partial charge in [-0.3, -0.25) is 0 Å². The van der Waals surface area contributed by atoms with Crippen molar-refractivity contribution in [1.82, 2.24) is 0 Å². The molecular weight excluding hydrogens is 1130 g/mol. The SMILES string of the molecule is [2H]c1c([2H])c([2H])c(-c2ccc(N3c4cc(-c5cc(C(C)(C)C)cc(C(C)(C)C)c5)ccc4B4c5cc(C(C)(C)C)ccc5N(c5c(-c6ccccc6)cccc5-c5ccccc5)c5cc(-c6cccc7c6C(c6ccccc6)(c6ccccc6)c6ccccc6-7)cc3c54)cc2)c([2H])c1[2H]. The number of nitrogens with zero attached hydrogens (tertiary/aromatic N) is 2. The Balaban J connectivity index is 1.08. The highest BCUT2D eigenvalue weighted by Gasteiger charge is 2.49. The molecule has 454 valence electrons. The third-order valence-corrected chi connectivity index (χ3v) is 20.1. The molecule has 94 heavy (non-hydrogen) atoms.